The molecule has 0 saturated carbocycles. The SMILES string of the molecule is C#CC(C)n1c(C)cc(C(=O)O)c1C. The van der Waals surface area contributed by atoms with Crippen molar-refractivity contribution in [1.82, 2.24) is 4.57 Å². The first kappa shape index (κ1) is 10.4. The van der Waals surface area contributed by atoms with Gasteiger partial charge >= 0.3 is 5.97 Å². The third-order valence-corrected chi connectivity index (χ3v) is 2.34. The highest BCUT2D eigenvalue weighted by Crippen LogP contribution is 2.19. The number of rotatable bonds is 2. The molecule has 0 aromatic carbocycles. The molecule has 74 valence electrons. The number of carbonyl (C=O) groups is 1. The summed E-state index contributed by atoms with van der Waals surface area (Å²) in [7, 11) is 0. The van der Waals surface area contributed by atoms with Gasteiger partial charge in [0.15, 0.2) is 0 Å². The van der Waals surface area contributed by atoms with Crippen LogP contribution < -0.4 is 0 Å². The summed E-state index contributed by atoms with van der Waals surface area (Å²) in [6.07, 6.45) is 5.31. The smallest absolute Gasteiger partial charge is 0.337 e. The van der Waals surface area contributed by atoms with E-state index in [-0.39, 0.29) is 6.04 Å². The van der Waals surface area contributed by atoms with Crippen molar-refractivity contribution in [2.75, 3.05) is 0 Å². The Bertz CT molecular complexity index is 410. The summed E-state index contributed by atoms with van der Waals surface area (Å²) in [6, 6.07) is 1.54. The number of aromatic nitrogens is 1. The Morgan fingerprint density at radius 2 is 2.21 bits per heavy atom. The number of hydrogen-bond acceptors (Lipinski definition) is 1. The average molecular weight is 191 g/mol. The summed E-state index contributed by atoms with van der Waals surface area (Å²) in [5.74, 6) is 1.68. The van der Waals surface area contributed by atoms with Crippen molar-refractivity contribution >= 4 is 5.97 Å². The molecular formula is C11H13NO2. The largest absolute Gasteiger partial charge is 0.478 e. The minimum absolute atomic E-state index is 0.108. The van der Waals surface area contributed by atoms with Gasteiger partial charge < -0.3 is 9.67 Å². The van der Waals surface area contributed by atoms with Crippen molar-refractivity contribution in [2.24, 2.45) is 0 Å². The van der Waals surface area contributed by atoms with Gasteiger partial charge in [-0.05, 0) is 26.8 Å². The van der Waals surface area contributed by atoms with E-state index in [0.29, 0.717) is 11.3 Å². The van der Waals surface area contributed by atoms with E-state index >= 15 is 0 Å². The molecule has 3 heteroatoms. The van der Waals surface area contributed by atoms with E-state index in [9.17, 15) is 4.79 Å². The molecule has 0 amide bonds. The standard InChI is InChI=1S/C11H13NO2/c1-5-7(2)12-8(3)6-10(9(12)4)11(13)14/h1,6-7H,2-4H3,(H,13,14). The van der Waals surface area contributed by atoms with Crippen molar-refractivity contribution in [1.29, 1.82) is 0 Å². The number of hydrogen-bond donors (Lipinski definition) is 1. The lowest BCUT2D eigenvalue weighted by Crippen LogP contribution is -2.07. The molecular weight excluding hydrogens is 178 g/mol. The molecule has 1 atom stereocenters. The average Bonchev–Trinajstić information content (AvgIpc) is 2.41. The van der Waals surface area contributed by atoms with E-state index in [1.54, 1.807) is 13.0 Å². The molecule has 0 spiro atoms. The highest BCUT2D eigenvalue weighted by Gasteiger charge is 2.16. The lowest BCUT2D eigenvalue weighted by Gasteiger charge is -2.12. The molecule has 0 bridgehead atoms. The van der Waals surface area contributed by atoms with Gasteiger partial charge in [0, 0.05) is 11.4 Å². The van der Waals surface area contributed by atoms with Crippen LogP contribution in [0.15, 0.2) is 6.07 Å². The van der Waals surface area contributed by atoms with Gasteiger partial charge in [0.2, 0.25) is 0 Å². The van der Waals surface area contributed by atoms with Crippen LogP contribution in [0.2, 0.25) is 0 Å². The van der Waals surface area contributed by atoms with Gasteiger partial charge in [-0.25, -0.2) is 4.79 Å². The van der Waals surface area contributed by atoms with Gasteiger partial charge in [-0.3, -0.25) is 0 Å². The third-order valence-electron chi connectivity index (χ3n) is 2.34. The van der Waals surface area contributed by atoms with Crippen molar-refractivity contribution in [2.45, 2.75) is 26.8 Å². The number of nitrogens with zero attached hydrogens (tertiary/aromatic N) is 1. The van der Waals surface area contributed by atoms with E-state index in [4.69, 9.17) is 11.5 Å². The summed E-state index contributed by atoms with van der Waals surface area (Å²) in [5.41, 5.74) is 1.91. The molecule has 0 aliphatic heterocycles. The Morgan fingerprint density at radius 1 is 1.64 bits per heavy atom. The Kier molecular flexibility index (Phi) is 2.66. The fourth-order valence-electron chi connectivity index (χ4n) is 1.66. The third kappa shape index (κ3) is 1.51. The minimum atomic E-state index is -0.909. The Labute approximate surface area is 83.4 Å². The molecule has 1 heterocycles. The van der Waals surface area contributed by atoms with Crippen LogP contribution in [-0.4, -0.2) is 15.6 Å². The second-order valence-corrected chi connectivity index (χ2v) is 3.30. The van der Waals surface area contributed by atoms with E-state index in [1.165, 1.54) is 0 Å². The number of terminal acetylenes is 1. The Morgan fingerprint density at radius 3 is 2.57 bits per heavy atom. The first-order valence-electron chi connectivity index (χ1n) is 4.37. The molecule has 1 rings (SSSR count). The molecule has 3 nitrogen and oxygen atoms in total. The first-order chi connectivity index (χ1) is 6.49. The summed E-state index contributed by atoms with van der Waals surface area (Å²) >= 11 is 0. The van der Waals surface area contributed by atoms with Crippen molar-refractivity contribution in [3.05, 3.63) is 23.0 Å². The summed E-state index contributed by atoms with van der Waals surface area (Å²) in [6.45, 7) is 5.49. The van der Waals surface area contributed by atoms with Gasteiger partial charge in [0.1, 0.15) is 0 Å². The maximum Gasteiger partial charge on any atom is 0.337 e. The normalized spacial score (nSPS) is 12.1. The monoisotopic (exact) mass is 191 g/mol. The van der Waals surface area contributed by atoms with Gasteiger partial charge in [0.05, 0.1) is 11.6 Å². The molecule has 1 unspecified atom stereocenters. The van der Waals surface area contributed by atoms with Crippen molar-refractivity contribution in [3.8, 4) is 12.3 Å². The van der Waals surface area contributed by atoms with Crippen LogP contribution in [0.25, 0.3) is 0 Å². The van der Waals surface area contributed by atoms with Crippen LogP contribution >= 0.6 is 0 Å². The highest BCUT2D eigenvalue weighted by atomic mass is 16.4. The maximum absolute atomic E-state index is 10.8. The van der Waals surface area contributed by atoms with Crippen LogP contribution in [-0.2, 0) is 0 Å². The van der Waals surface area contributed by atoms with Gasteiger partial charge in [-0.2, -0.15) is 0 Å². The number of aryl methyl sites for hydroxylation is 1. The molecule has 0 aliphatic carbocycles. The van der Waals surface area contributed by atoms with Gasteiger partial charge in [-0.1, -0.05) is 5.92 Å². The van der Waals surface area contributed by atoms with E-state index in [2.05, 4.69) is 5.92 Å². The molecule has 0 radical (unpaired) electrons. The molecule has 1 aromatic heterocycles. The fourth-order valence-corrected chi connectivity index (χ4v) is 1.66. The van der Waals surface area contributed by atoms with Crippen LogP contribution in [0.4, 0.5) is 0 Å². The Hall–Kier alpha value is -1.69. The quantitative estimate of drug-likeness (QED) is 0.726. The van der Waals surface area contributed by atoms with E-state index in [1.807, 2.05) is 18.4 Å². The van der Waals surface area contributed by atoms with Crippen molar-refractivity contribution < 1.29 is 9.90 Å². The van der Waals surface area contributed by atoms with E-state index < -0.39 is 5.97 Å². The molecule has 1 N–H and O–H groups in total. The van der Waals surface area contributed by atoms with Crippen LogP contribution in [0.1, 0.15) is 34.7 Å². The lowest BCUT2D eigenvalue weighted by molar-refractivity contribution is 0.0696. The minimum Gasteiger partial charge on any atom is -0.478 e. The topological polar surface area (TPSA) is 42.2 Å². The number of carboxylic acids is 1. The number of aromatic carboxylic acids is 1. The zero-order valence-corrected chi connectivity index (χ0v) is 8.53. The summed E-state index contributed by atoms with van der Waals surface area (Å²) in [4.78, 5) is 10.8. The van der Waals surface area contributed by atoms with Gasteiger partial charge in [0.25, 0.3) is 0 Å². The molecule has 1 aromatic rings. The zero-order valence-electron chi connectivity index (χ0n) is 8.53. The number of carboxylic acid groups (broad SMARTS) is 1. The van der Waals surface area contributed by atoms with Crippen LogP contribution in [0.5, 0.6) is 0 Å². The second-order valence-electron chi connectivity index (χ2n) is 3.30. The van der Waals surface area contributed by atoms with Crippen LogP contribution in [0.3, 0.4) is 0 Å². The zero-order chi connectivity index (χ0) is 10.9. The first-order valence-corrected chi connectivity index (χ1v) is 4.37. The fraction of sp³-hybridized carbons (Fsp3) is 0.364. The predicted octanol–water partition coefficient (Wildman–Crippen LogP) is 2.00. The summed E-state index contributed by atoms with van der Waals surface area (Å²) < 4.78 is 1.85. The van der Waals surface area contributed by atoms with Crippen molar-refractivity contribution in [3.63, 3.8) is 0 Å². The Balaban J connectivity index is 3.33. The molecule has 0 aliphatic rings. The highest BCUT2D eigenvalue weighted by molar-refractivity contribution is 5.89. The van der Waals surface area contributed by atoms with Gasteiger partial charge in [-0.15, -0.1) is 6.42 Å². The molecule has 0 saturated heterocycles. The second kappa shape index (κ2) is 3.59. The summed E-state index contributed by atoms with van der Waals surface area (Å²) in [5, 5.41) is 8.89. The van der Waals surface area contributed by atoms with E-state index in [0.717, 1.165) is 5.69 Å². The predicted molar refractivity (Wildman–Crippen MR) is 54.4 cm³/mol. The lowest BCUT2D eigenvalue weighted by atomic mass is 10.2. The molecule has 0 fully saturated rings. The van der Waals surface area contributed by atoms with Crippen LogP contribution in [0, 0.1) is 26.2 Å². The maximum atomic E-state index is 10.8. The molecule has 14 heavy (non-hydrogen) atoms.